The molecule has 0 unspecified atom stereocenters. The van der Waals surface area contributed by atoms with Gasteiger partial charge in [0.25, 0.3) is 5.91 Å². The first-order valence-electron chi connectivity index (χ1n) is 7.49. The van der Waals surface area contributed by atoms with Crippen LogP contribution in [0.3, 0.4) is 0 Å². The number of rotatable bonds is 3. The van der Waals surface area contributed by atoms with Gasteiger partial charge in [-0.15, -0.1) is 13.2 Å². The number of aromatic nitrogens is 2. The summed E-state index contributed by atoms with van der Waals surface area (Å²) in [4.78, 5) is 32.2. The number of amides is 3. The summed E-state index contributed by atoms with van der Waals surface area (Å²) >= 11 is 0. The van der Waals surface area contributed by atoms with Gasteiger partial charge in [0.2, 0.25) is 0 Å². The Morgan fingerprint density at radius 2 is 1.70 bits per heavy atom. The monoisotopic (exact) mass is 376 g/mol. The van der Waals surface area contributed by atoms with Crippen LogP contribution >= 0.6 is 0 Å². The zero-order valence-corrected chi connectivity index (χ0v) is 13.4. The number of hydrogen-bond acceptors (Lipinski definition) is 5. The fraction of sp³-hybridized carbons (Fsp3) is 0.0588. The third-order valence-electron chi connectivity index (χ3n) is 3.28. The summed E-state index contributed by atoms with van der Waals surface area (Å²) in [5.41, 5.74) is 1.25. The number of fused-ring (bicyclic) bond motifs is 1. The summed E-state index contributed by atoms with van der Waals surface area (Å²) in [6.07, 6.45) is -1.88. The highest BCUT2D eigenvalue weighted by Gasteiger charge is 2.31. The van der Waals surface area contributed by atoms with Crippen molar-refractivity contribution in [2.24, 2.45) is 0 Å². The molecule has 3 amide bonds. The van der Waals surface area contributed by atoms with E-state index in [9.17, 15) is 22.8 Å². The van der Waals surface area contributed by atoms with E-state index >= 15 is 0 Å². The lowest BCUT2D eigenvalue weighted by molar-refractivity contribution is -0.274. The number of hydrogen-bond donors (Lipinski definition) is 2. The van der Waals surface area contributed by atoms with E-state index < -0.39 is 24.1 Å². The van der Waals surface area contributed by atoms with Crippen molar-refractivity contribution in [2.45, 2.75) is 6.36 Å². The molecule has 0 aliphatic rings. The van der Waals surface area contributed by atoms with Crippen LogP contribution in [-0.2, 0) is 0 Å². The van der Waals surface area contributed by atoms with Gasteiger partial charge in [-0.2, -0.15) is 0 Å². The molecule has 0 aliphatic heterocycles. The molecule has 3 rings (SSSR count). The topological polar surface area (TPSA) is 93.2 Å². The summed E-state index contributed by atoms with van der Waals surface area (Å²) < 4.78 is 40.5. The average molecular weight is 376 g/mol. The zero-order chi connectivity index (χ0) is 19.4. The minimum atomic E-state index is -4.85. The van der Waals surface area contributed by atoms with Gasteiger partial charge < -0.3 is 10.1 Å². The second-order valence-corrected chi connectivity index (χ2v) is 5.24. The minimum Gasteiger partial charge on any atom is -0.406 e. The van der Waals surface area contributed by atoms with E-state index in [2.05, 4.69) is 25.3 Å². The molecule has 0 saturated heterocycles. The molecule has 0 fully saturated rings. The normalized spacial score (nSPS) is 11.1. The molecule has 27 heavy (non-hydrogen) atoms. The Hall–Kier alpha value is -3.69. The Bertz CT molecular complexity index is 1010. The van der Waals surface area contributed by atoms with Crippen molar-refractivity contribution in [3.05, 3.63) is 60.4 Å². The van der Waals surface area contributed by atoms with E-state index in [0.29, 0.717) is 11.0 Å². The highest BCUT2D eigenvalue weighted by molar-refractivity contribution is 6.08. The van der Waals surface area contributed by atoms with Gasteiger partial charge in [0.05, 0.1) is 11.0 Å². The molecular weight excluding hydrogens is 365 g/mol. The summed E-state index contributed by atoms with van der Waals surface area (Å²) in [6.45, 7) is 0. The van der Waals surface area contributed by atoms with Crippen LogP contribution in [0.1, 0.15) is 10.4 Å². The van der Waals surface area contributed by atoms with Crippen molar-refractivity contribution < 1.29 is 27.5 Å². The molecule has 0 bridgehead atoms. The lowest BCUT2D eigenvalue weighted by Crippen LogP contribution is -2.34. The Kier molecular flexibility index (Phi) is 4.88. The molecule has 138 valence electrons. The molecule has 3 aromatic rings. The van der Waals surface area contributed by atoms with Crippen LogP contribution in [0.25, 0.3) is 11.0 Å². The summed E-state index contributed by atoms with van der Waals surface area (Å²) in [6, 6.07) is 8.26. The number of nitrogens with one attached hydrogen (secondary N) is 2. The predicted octanol–water partition coefficient (Wildman–Crippen LogP) is 3.49. The van der Waals surface area contributed by atoms with E-state index in [1.807, 2.05) is 0 Å². The first kappa shape index (κ1) is 18.1. The van der Waals surface area contributed by atoms with E-state index in [0.717, 1.165) is 12.1 Å². The van der Waals surface area contributed by atoms with E-state index in [4.69, 9.17) is 0 Å². The molecule has 1 heterocycles. The van der Waals surface area contributed by atoms with Crippen LogP contribution in [0.2, 0.25) is 0 Å². The number of benzene rings is 2. The van der Waals surface area contributed by atoms with Crippen LogP contribution in [0.15, 0.2) is 54.9 Å². The van der Waals surface area contributed by atoms with E-state index in [1.165, 1.54) is 36.7 Å². The first-order valence-corrected chi connectivity index (χ1v) is 7.49. The van der Waals surface area contributed by atoms with Gasteiger partial charge in [-0.3, -0.25) is 20.1 Å². The maximum absolute atomic E-state index is 12.2. The van der Waals surface area contributed by atoms with Crippen LogP contribution < -0.4 is 15.4 Å². The molecule has 2 aromatic carbocycles. The molecule has 7 nitrogen and oxygen atoms in total. The number of halogens is 3. The Labute approximate surface area is 150 Å². The molecule has 1 aromatic heterocycles. The van der Waals surface area contributed by atoms with Gasteiger partial charge in [-0.25, -0.2) is 4.79 Å². The van der Waals surface area contributed by atoms with Gasteiger partial charge >= 0.3 is 12.4 Å². The van der Waals surface area contributed by atoms with Gasteiger partial charge in [-0.05, 0) is 30.3 Å². The Morgan fingerprint density at radius 3 is 2.44 bits per heavy atom. The van der Waals surface area contributed by atoms with Gasteiger partial charge in [-0.1, -0.05) is 6.07 Å². The molecule has 0 saturated carbocycles. The standard InChI is InChI=1S/C17H11F3N4O3/c18-17(19,20)27-12-3-1-2-11(9-12)23-16(26)24-15(25)10-4-5-13-14(8-10)22-7-6-21-13/h1-9H,(H2,23,24,25,26). The van der Waals surface area contributed by atoms with Crippen molar-refractivity contribution in [3.63, 3.8) is 0 Å². The maximum Gasteiger partial charge on any atom is 0.573 e. The van der Waals surface area contributed by atoms with E-state index in [-0.39, 0.29) is 11.3 Å². The minimum absolute atomic E-state index is 0.0198. The molecule has 0 aliphatic carbocycles. The number of anilines is 1. The van der Waals surface area contributed by atoms with Crippen molar-refractivity contribution in [2.75, 3.05) is 5.32 Å². The summed E-state index contributed by atoms with van der Waals surface area (Å²) in [7, 11) is 0. The third kappa shape index (κ3) is 4.91. The quantitative estimate of drug-likeness (QED) is 0.730. The molecule has 0 spiro atoms. The van der Waals surface area contributed by atoms with Crippen LogP contribution in [0.5, 0.6) is 5.75 Å². The molecule has 0 atom stereocenters. The van der Waals surface area contributed by atoms with Gasteiger partial charge in [0.1, 0.15) is 5.75 Å². The number of alkyl halides is 3. The molecular formula is C17H11F3N4O3. The lowest BCUT2D eigenvalue weighted by atomic mass is 10.2. The smallest absolute Gasteiger partial charge is 0.406 e. The predicted molar refractivity (Wildman–Crippen MR) is 89.1 cm³/mol. The lowest BCUT2D eigenvalue weighted by Gasteiger charge is -2.11. The fourth-order valence-corrected chi connectivity index (χ4v) is 2.21. The molecule has 2 N–H and O–H groups in total. The number of nitrogens with zero attached hydrogens (tertiary/aromatic N) is 2. The Morgan fingerprint density at radius 1 is 0.963 bits per heavy atom. The van der Waals surface area contributed by atoms with Crippen LogP contribution in [-0.4, -0.2) is 28.3 Å². The van der Waals surface area contributed by atoms with E-state index in [1.54, 1.807) is 6.07 Å². The van der Waals surface area contributed by atoms with Gasteiger partial charge in [0, 0.05) is 29.7 Å². The highest BCUT2D eigenvalue weighted by Crippen LogP contribution is 2.25. The number of ether oxygens (including phenoxy) is 1. The Balaban J connectivity index is 1.66. The number of carbonyl (C=O) groups excluding carboxylic acids is 2. The number of carbonyl (C=O) groups is 2. The third-order valence-corrected chi connectivity index (χ3v) is 3.28. The van der Waals surface area contributed by atoms with Crippen LogP contribution in [0, 0.1) is 0 Å². The van der Waals surface area contributed by atoms with Crippen molar-refractivity contribution >= 4 is 28.7 Å². The van der Waals surface area contributed by atoms with Crippen molar-refractivity contribution in [1.29, 1.82) is 0 Å². The molecule has 10 heteroatoms. The SMILES string of the molecule is O=C(NC(=O)c1ccc2nccnc2c1)Nc1cccc(OC(F)(F)F)c1. The summed E-state index contributed by atoms with van der Waals surface area (Å²) in [5, 5.41) is 4.34. The van der Waals surface area contributed by atoms with Crippen LogP contribution in [0.4, 0.5) is 23.7 Å². The van der Waals surface area contributed by atoms with Gasteiger partial charge in [0.15, 0.2) is 0 Å². The van der Waals surface area contributed by atoms with Crippen molar-refractivity contribution in [3.8, 4) is 5.75 Å². The maximum atomic E-state index is 12.2. The zero-order valence-electron chi connectivity index (χ0n) is 13.4. The fourth-order valence-electron chi connectivity index (χ4n) is 2.21. The molecule has 0 radical (unpaired) electrons. The first-order chi connectivity index (χ1) is 12.8. The largest absolute Gasteiger partial charge is 0.573 e. The average Bonchev–Trinajstić information content (AvgIpc) is 2.60. The summed E-state index contributed by atoms with van der Waals surface area (Å²) in [5.74, 6) is -1.21. The number of urea groups is 1. The second kappa shape index (κ2) is 7.28. The highest BCUT2D eigenvalue weighted by atomic mass is 19.4. The van der Waals surface area contributed by atoms with Crippen molar-refractivity contribution in [1.82, 2.24) is 15.3 Å². The second-order valence-electron chi connectivity index (χ2n) is 5.24. The number of imide groups is 1.